The highest BCUT2D eigenvalue weighted by molar-refractivity contribution is 5.90. The standard InChI is InChI=1S/C15H23N3O2/c1-9-10(2)17-8-12(9)7-13(16)15(20)18-6-4-5-14(18)11(3)19/h8,13-14,17H,4-7,16H2,1-3H3/t13-,14-/m0/s1. The third kappa shape index (κ3) is 2.77. The van der Waals surface area contributed by atoms with Crippen LogP contribution in [0.15, 0.2) is 6.20 Å². The molecule has 1 aromatic heterocycles. The summed E-state index contributed by atoms with van der Waals surface area (Å²) in [6.07, 6.45) is 4.06. The van der Waals surface area contributed by atoms with E-state index < -0.39 is 6.04 Å². The van der Waals surface area contributed by atoms with Crippen molar-refractivity contribution < 1.29 is 9.59 Å². The van der Waals surface area contributed by atoms with Crippen molar-refractivity contribution in [2.45, 2.75) is 52.1 Å². The molecule has 0 saturated carbocycles. The summed E-state index contributed by atoms with van der Waals surface area (Å²) in [5.74, 6) is -0.0577. The lowest BCUT2D eigenvalue weighted by atomic mass is 10.0. The Morgan fingerprint density at radius 3 is 2.75 bits per heavy atom. The lowest BCUT2D eigenvalue weighted by molar-refractivity contribution is -0.138. The lowest BCUT2D eigenvalue weighted by Gasteiger charge is -2.25. The van der Waals surface area contributed by atoms with Crippen LogP contribution >= 0.6 is 0 Å². The van der Waals surface area contributed by atoms with Crippen molar-refractivity contribution in [3.63, 3.8) is 0 Å². The summed E-state index contributed by atoms with van der Waals surface area (Å²) in [7, 11) is 0. The number of likely N-dealkylation sites (tertiary alicyclic amines) is 1. The van der Waals surface area contributed by atoms with Gasteiger partial charge in [0, 0.05) is 18.4 Å². The van der Waals surface area contributed by atoms with Crippen LogP contribution in [0, 0.1) is 13.8 Å². The van der Waals surface area contributed by atoms with E-state index >= 15 is 0 Å². The predicted molar refractivity (Wildman–Crippen MR) is 77.4 cm³/mol. The maximum absolute atomic E-state index is 12.4. The number of Topliss-reactive ketones (excluding diaryl/α,β-unsaturated/α-hetero) is 1. The number of carbonyl (C=O) groups is 2. The molecule has 1 aliphatic rings. The molecule has 1 saturated heterocycles. The fraction of sp³-hybridized carbons (Fsp3) is 0.600. The third-order valence-corrected chi connectivity index (χ3v) is 4.27. The zero-order valence-corrected chi connectivity index (χ0v) is 12.4. The van der Waals surface area contributed by atoms with Gasteiger partial charge in [0.05, 0.1) is 12.1 Å². The Morgan fingerprint density at radius 1 is 1.50 bits per heavy atom. The van der Waals surface area contributed by atoms with E-state index in [1.54, 1.807) is 11.8 Å². The van der Waals surface area contributed by atoms with Crippen LogP contribution in [-0.2, 0) is 16.0 Å². The van der Waals surface area contributed by atoms with Crippen molar-refractivity contribution in [3.05, 3.63) is 23.0 Å². The van der Waals surface area contributed by atoms with E-state index in [2.05, 4.69) is 4.98 Å². The van der Waals surface area contributed by atoms with Crippen LogP contribution in [0.4, 0.5) is 0 Å². The summed E-state index contributed by atoms with van der Waals surface area (Å²) in [5, 5.41) is 0. The van der Waals surface area contributed by atoms with Gasteiger partial charge in [0.25, 0.3) is 0 Å². The number of nitrogens with zero attached hydrogens (tertiary/aromatic N) is 1. The van der Waals surface area contributed by atoms with Gasteiger partial charge in [-0.25, -0.2) is 0 Å². The molecule has 0 spiro atoms. The number of H-pyrrole nitrogens is 1. The van der Waals surface area contributed by atoms with E-state index in [9.17, 15) is 9.59 Å². The molecule has 2 rings (SSSR count). The number of aromatic nitrogens is 1. The Labute approximate surface area is 119 Å². The summed E-state index contributed by atoms with van der Waals surface area (Å²) in [5.41, 5.74) is 9.37. The van der Waals surface area contributed by atoms with Gasteiger partial charge in [-0.3, -0.25) is 9.59 Å². The highest BCUT2D eigenvalue weighted by Gasteiger charge is 2.34. The Bertz CT molecular complexity index is 521. The Hall–Kier alpha value is -1.62. The van der Waals surface area contributed by atoms with Crippen LogP contribution in [0.5, 0.6) is 0 Å². The number of amides is 1. The van der Waals surface area contributed by atoms with Gasteiger partial charge in [-0.15, -0.1) is 0 Å². The molecule has 5 heteroatoms. The van der Waals surface area contributed by atoms with Crippen LogP contribution in [0.1, 0.15) is 36.6 Å². The first-order valence-electron chi connectivity index (χ1n) is 7.11. The number of aryl methyl sites for hydroxylation is 1. The quantitative estimate of drug-likeness (QED) is 0.864. The van der Waals surface area contributed by atoms with Crippen molar-refractivity contribution in [1.82, 2.24) is 9.88 Å². The maximum Gasteiger partial charge on any atom is 0.240 e. The molecule has 0 aromatic carbocycles. The van der Waals surface area contributed by atoms with Gasteiger partial charge in [-0.1, -0.05) is 0 Å². The Morgan fingerprint density at radius 2 is 2.20 bits per heavy atom. The van der Waals surface area contributed by atoms with Crippen LogP contribution in [0.25, 0.3) is 0 Å². The van der Waals surface area contributed by atoms with E-state index in [-0.39, 0.29) is 17.7 Å². The third-order valence-electron chi connectivity index (χ3n) is 4.27. The highest BCUT2D eigenvalue weighted by Crippen LogP contribution is 2.20. The lowest BCUT2D eigenvalue weighted by Crippen LogP contribution is -2.48. The van der Waals surface area contributed by atoms with E-state index in [1.807, 2.05) is 20.0 Å². The highest BCUT2D eigenvalue weighted by atomic mass is 16.2. The fourth-order valence-corrected chi connectivity index (χ4v) is 2.86. The molecule has 0 bridgehead atoms. The van der Waals surface area contributed by atoms with Gasteiger partial charge in [0.1, 0.15) is 0 Å². The van der Waals surface area contributed by atoms with Crippen LogP contribution in [0.3, 0.4) is 0 Å². The fourth-order valence-electron chi connectivity index (χ4n) is 2.86. The largest absolute Gasteiger partial charge is 0.365 e. The minimum Gasteiger partial charge on any atom is -0.365 e. The van der Waals surface area contributed by atoms with Crippen molar-refractivity contribution in [1.29, 1.82) is 0 Å². The van der Waals surface area contributed by atoms with E-state index in [0.29, 0.717) is 13.0 Å². The van der Waals surface area contributed by atoms with Gasteiger partial charge in [-0.05, 0) is 51.2 Å². The van der Waals surface area contributed by atoms with Gasteiger partial charge in [0.2, 0.25) is 5.91 Å². The summed E-state index contributed by atoms with van der Waals surface area (Å²) in [6.45, 7) is 6.20. The van der Waals surface area contributed by atoms with Crippen molar-refractivity contribution in [2.24, 2.45) is 5.73 Å². The number of hydrogen-bond donors (Lipinski definition) is 2. The molecular formula is C15H23N3O2. The molecule has 0 unspecified atom stereocenters. The summed E-state index contributed by atoms with van der Waals surface area (Å²) in [4.78, 5) is 28.8. The number of hydrogen-bond acceptors (Lipinski definition) is 3. The summed E-state index contributed by atoms with van der Waals surface area (Å²) < 4.78 is 0. The average molecular weight is 277 g/mol. The molecule has 3 N–H and O–H groups in total. The maximum atomic E-state index is 12.4. The SMILES string of the molecule is CC(=O)[C@@H]1CCCN1C(=O)[C@@H](N)Cc1c[nH]c(C)c1C. The molecule has 0 aliphatic carbocycles. The number of rotatable bonds is 4. The number of nitrogens with one attached hydrogen (secondary N) is 1. The molecule has 5 nitrogen and oxygen atoms in total. The van der Waals surface area contributed by atoms with Gasteiger partial charge in [-0.2, -0.15) is 0 Å². The van der Waals surface area contributed by atoms with Crippen LogP contribution in [-0.4, -0.2) is 40.2 Å². The van der Waals surface area contributed by atoms with Crippen molar-refractivity contribution in [3.8, 4) is 0 Å². The van der Waals surface area contributed by atoms with Crippen molar-refractivity contribution >= 4 is 11.7 Å². The molecule has 1 aromatic rings. The predicted octanol–water partition coefficient (Wildman–Crippen LogP) is 1.08. The zero-order valence-electron chi connectivity index (χ0n) is 12.4. The minimum absolute atomic E-state index is 0.0525. The first-order valence-corrected chi connectivity index (χ1v) is 7.11. The molecule has 2 heterocycles. The van der Waals surface area contributed by atoms with Crippen LogP contribution < -0.4 is 5.73 Å². The minimum atomic E-state index is -0.580. The smallest absolute Gasteiger partial charge is 0.240 e. The molecule has 0 radical (unpaired) electrons. The molecular weight excluding hydrogens is 254 g/mol. The molecule has 1 fully saturated rings. The van der Waals surface area contributed by atoms with Crippen molar-refractivity contribution in [2.75, 3.05) is 6.54 Å². The molecule has 1 amide bonds. The summed E-state index contributed by atoms with van der Waals surface area (Å²) >= 11 is 0. The average Bonchev–Trinajstić information content (AvgIpc) is 3.00. The van der Waals surface area contributed by atoms with Gasteiger partial charge < -0.3 is 15.6 Å². The number of carbonyl (C=O) groups excluding carboxylic acids is 2. The second-order valence-electron chi connectivity index (χ2n) is 5.67. The Balaban J connectivity index is 2.05. The number of nitrogens with two attached hydrogens (primary N) is 1. The van der Waals surface area contributed by atoms with E-state index in [0.717, 1.165) is 29.7 Å². The second kappa shape index (κ2) is 5.79. The molecule has 110 valence electrons. The molecule has 1 aliphatic heterocycles. The number of ketones is 1. The topological polar surface area (TPSA) is 79.2 Å². The first-order chi connectivity index (χ1) is 9.41. The van der Waals surface area contributed by atoms with E-state index in [4.69, 9.17) is 5.73 Å². The Kier molecular flexibility index (Phi) is 4.28. The van der Waals surface area contributed by atoms with Gasteiger partial charge >= 0.3 is 0 Å². The monoisotopic (exact) mass is 277 g/mol. The van der Waals surface area contributed by atoms with Gasteiger partial charge in [0.15, 0.2) is 5.78 Å². The van der Waals surface area contributed by atoms with Crippen LogP contribution in [0.2, 0.25) is 0 Å². The number of aromatic amines is 1. The zero-order chi connectivity index (χ0) is 14.9. The summed E-state index contributed by atoms with van der Waals surface area (Å²) in [6, 6.07) is -0.855. The molecule has 2 atom stereocenters. The van der Waals surface area contributed by atoms with E-state index in [1.165, 1.54) is 0 Å². The second-order valence-corrected chi connectivity index (χ2v) is 5.67. The normalized spacial score (nSPS) is 20.2. The molecule has 20 heavy (non-hydrogen) atoms. The first kappa shape index (κ1) is 14.8.